The van der Waals surface area contributed by atoms with Gasteiger partial charge in [-0.2, -0.15) is 11.8 Å². The molecule has 3 fully saturated rings. The summed E-state index contributed by atoms with van der Waals surface area (Å²) in [5.41, 5.74) is 0.0726. The fraction of sp³-hybridized carbons (Fsp3) is 0.667. The SMILES string of the molecule is O=c1cc(N2C[C@@H]3C[C@H]2CN3C2CSC2)c1=O. The maximum atomic E-state index is 11.4. The maximum absolute atomic E-state index is 11.4. The van der Waals surface area contributed by atoms with Gasteiger partial charge in [-0.15, -0.1) is 0 Å². The Morgan fingerprint density at radius 2 is 1.94 bits per heavy atom. The van der Waals surface area contributed by atoms with Crippen LogP contribution < -0.4 is 15.8 Å². The summed E-state index contributed by atoms with van der Waals surface area (Å²) < 4.78 is 0. The molecule has 4 nitrogen and oxygen atoms in total. The monoisotopic (exact) mass is 250 g/mol. The highest BCUT2D eigenvalue weighted by molar-refractivity contribution is 8.00. The molecule has 3 aliphatic heterocycles. The normalized spacial score (nSPS) is 33.5. The van der Waals surface area contributed by atoms with Crippen LogP contribution in [0.3, 0.4) is 0 Å². The summed E-state index contributed by atoms with van der Waals surface area (Å²) >= 11 is 2.02. The first-order valence-corrected chi connectivity index (χ1v) is 7.30. The minimum absolute atomic E-state index is 0.275. The summed E-state index contributed by atoms with van der Waals surface area (Å²) in [7, 11) is 0. The fourth-order valence-corrected chi connectivity index (χ4v) is 4.20. The summed E-state index contributed by atoms with van der Waals surface area (Å²) in [5, 5.41) is 0. The van der Waals surface area contributed by atoms with Gasteiger partial charge < -0.3 is 4.90 Å². The summed E-state index contributed by atoms with van der Waals surface area (Å²) in [5.74, 6) is 2.53. The second-order valence-corrected chi connectivity index (χ2v) is 6.38. The van der Waals surface area contributed by atoms with Crippen LogP contribution in [0.4, 0.5) is 5.69 Å². The third kappa shape index (κ3) is 1.29. The van der Waals surface area contributed by atoms with Crippen molar-refractivity contribution in [1.29, 1.82) is 0 Å². The fourth-order valence-electron chi connectivity index (χ4n) is 3.37. The van der Waals surface area contributed by atoms with Crippen molar-refractivity contribution in [2.24, 2.45) is 0 Å². The Balaban J connectivity index is 1.53. The predicted octanol–water partition coefficient (Wildman–Crippen LogP) is -0.339. The molecule has 1 aromatic carbocycles. The van der Waals surface area contributed by atoms with Gasteiger partial charge in [-0.3, -0.25) is 14.5 Å². The first-order chi connectivity index (χ1) is 8.24. The van der Waals surface area contributed by atoms with Gasteiger partial charge in [0.2, 0.25) is 10.9 Å². The highest BCUT2D eigenvalue weighted by Gasteiger charge is 2.47. The van der Waals surface area contributed by atoms with Crippen molar-refractivity contribution >= 4 is 17.4 Å². The highest BCUT2D eigenvalue weighted by atomic mass is 32.2. The van der Waals surface area contributed by atoms with E-state index in [0.29, 0.717) is 17.8 Å². The van der Waals surface area contributed by atoms with Gasteiger partial charge in [0.25, 0.3) is 0 Å². The van der Waals surface area contributed by atoms with Crippen LogP contribution in [0.25, 0.3) is 0 Å². The number of anilines is 1. The molecule has 2 atom stereocenters. The van der Waals surface area contributed by atoms with E-state index >= 15 is 0 Å². The molecule has 3 heterocycles. The molecule has 0 saturated carbocycles. The van der Waals surface area contributed by atoms with Crippen molar-refractivity contribution in [2.75, 3.05) is 29.5 Å². The first kappa shape index (κ1) is 10.1. The molecule has 90 valence electrons. The number of piperazine rings is 1. The molecule has 0 N–H and O–H groups in total. The maximum Gasteiger partial charge on any atom is 0.249 e. The number of likely N-dealkylation sites (tertiary alicyclic amines) is 1. The Morgan fingerprint density at radius 3 is 2.41 bits per heavy atom. The average Bonchev–Trinajstić information content (AvgIpc) is 2.82. The molecule has 17 heavy (non-hydrogen) atoms. The van der Waals surface area contributed by atoms with Crippen molar-refractivity contribution in [1.82, 2.24) is 4.90 Å². The highest BCUT2D eigenvalue weighted by Crippen LogP contribution is 2.37. The zero-order valence-electron chi connectivity index (χ0n) is 9.46. The summed E-state index contributed by atoms with van der Waals surface area (Å²) in [6, 6.07) is 3.35. The third-order valence-electron chi connectivity index (χ3n) is 4.41. The third-order valence-corrected chi connectivity index (χ3v) is 5.65. The lowest BCUT2D eigenvalue weighted by Gasteiger charge is -2.42. The second-order valence-electron chi connectivity index (χ2n) is 5.31. The number of fused-ring (bicyclic) bond motifs is 2. The summed E-state index contributed by atoms with van der Waals surface area (Å²) in [6.45, 7) is 2.02. The van der Waals surface area contributed by atoms with Crippen molar-refractivity contribution < 1.29 is 0 Å². The summed E-state index contributed by atoms with van der Waals surface area (Å²) in [6.07, 6.45) is 1.17. The molecule has 0 aliphatic carbocycles. The van der Waals surface area contributed by atoms with Crippen LogP contribution in [0.15, 0.2) is 15.7 Å². The van der Waals surface area contributed by atoms with E-state index in [2.05, 4.69) is 9.80 Å². The molecule has 1 aromatic rings. The molecule has 4 rings (SSSR count). The van der Waals surface area contributed by atoms with E-state index in [9.17, 15) is 9.59 Å². The van der Waals surface area contributed by atoms with Crippen molar-refractivity contribution in [3.05, 3.63) is 26.5 Å². The molecule has 5 heteroatoms. The van der Waals surface area contributed by atoms with E-state index in [1.54, 1.807) is 0 Å². The van der Waals surface area contributed by atoms with E-state index < -0.39 is 0 Å². The standard InChI is InChI=1S/C12H14N2O2S/c15-11-2-10(12(11)16)14-4-7-1-8(14)3-13(7)9-5-17-6-9/h2,7-9H,1,3-6H2/t7-,8-/m0/s1. The van der Waals surface area contributed by atoms with Crippen molar-refractivity contribution in [3.8, 4) is 0 Å². The average molecular weight is 250 g/mol. The Hall–Kier alpha value is -0.810. The van der Waals surface area contributed by atoms with Crippen LogP contribution in [-0.2, 0) is 0 Å². The summed E-state index contributed by atoms with van der Waals surface area (Å²) in [4.78, 5) is 27.2. The molecule has 0 spiro atoms. The zero-order chi connectivity index (χ0) is 11.6. The first-order valence-electron chi connectivity index (χ1n) is 6.14. The number of hydrogen-bond acceptors (Lipinski definition) is 5. The van der Waals surface area contributed by atoms with E-state index in [1.807, 2.05) is 11.8 Å². The quantitative estimate of drug-likeness (QED) is 0.672. The zero-order valence-corrected chi connectivity index (χ0v) is 10.3. The van der Waals surface area contributed by atoms with Gasteiger partial charge >= 0.3 is 0 Å². The Morgan fingerprint density at radius 1 is 1.12 bits per heavy atom. The van der Waals surface area contributed by atoms with E-state index in [0.717, 1.165) is 19.1 Å². The molecular formula is C12H14N2O2S. The van der Waals surface area contributed by atoms with Gasteiger partial charge in [-0.1, -0.05) is 0 Å². The van der Waals surface area contributed by atoms with Crippen LogP contribution in [-0.4, -0.2) is 47.6 Å². The van der Waals surface area contributed by atoms with Crippen LogP contribution >= 0.6 is 11.8 Å². The van der Waals surface area contributed by atoms with E-state index in [4.69, 9.17) is 0 Å². The van der Waals surface area contributed by atoms with E-state index in [-0.39, 0.29) is 10.9 Å². The Bertz CT molecular complexity index is 532. The number of hydrogen-bond donors (Lipinski definition) is 0. The second kappa shape index (κ2) is 3.36. The molecule has 0 radical (unpaired) electrons. The molecule has 0 aromatic heterocycles. The smallest absolute Gasteiger partial charge is 0.249 e. The van der Waals surface area contributed by atoms with Gasteiger partial charge in [-0.25, -0.2) is 0 Å². The predicted molar refractivity (Wildman–Crippen MR) is 68.7 cm³/mol. The number of nitrogens with zero attached hydrogens (tertiary/aromatic N) is 2. The topological polar surface area (TPSA) is 40.6 Å². The number of thioether (sulfide) groups is 1. The van der Waals surface area contributed by atoms with Gasteiger partial charge in [0, 0.05) is 48.8 Å². The minimum atomic E-state index is -0.324. The molecule has 0 unspecified atom stereocenters. The number of rotatable bonds is 2. The lowest BCUT2D eigenvalue weighted by molar-refractivity contribution is 0.190. The van der Waals surface area contributed by atoms with Gasteiger partial charge in [-0.05, 0) is 6.42 Å². The van der Waals surface area contributed by atoms with Crippen molar-refractivity contribution in [3.63, 3.8) is 0 Å². The van der Waals surface area contributed by atoms with Crippen LogP contribution in [0.1, 0.15) is 6.42 Å². The van der Waals surface area contributed by atoms with Crippen LogP contribution in [0, 0.1) is 0 Å². The lowest BCUT2D eigenvalue weighted by Crippen LogP contribution is -2.56. The molecule has 2 bridgehead atoms. The Labute approximate surface area is 103 Å². The lowest BCUT2D eigenvalue weighted by atomic mass is 10.2. The van der Waals surface area contributed by atoms with Crippen LogP contribution in [0.5, 0.6) is 0 Å². The van der Waals surface area contributed by atoms with Crippen molar-refractivity contribution in [2.45, 2.75) is 24.5 Å². The molecule has 3 saturated heterocycles. The van der Waals surface area contributed by atoms with Crippen LogP contribution in [0.2, 0.25) is 0 Å². The molecular weight excluding hydrogens is 236 g/mol. The molecule has 3 aliphatic rings. The largest absolute Gasteiger partial charge is 0.362 e. The van der Waals surface area contributed by atoms with Gasteiger partial charge in [0.15, 0.2) is 0 Å². The van der Waals surface area contributed by atoms with E-state index in [1.165, 1.54) is 24.0 Å². The molecule has 0 amide bonds. The Kier molecular flexibility index (Phi) is 2.00. The van der Waals surface area contributed by atoms with Gasteiger partial charge in [0.1, 0.15) is 0 Å². The minimum Gasteiger partial charge on any atom is -0.362 e. The van der Waals surface area contributed by atoms with Gasteiger partial charge in [0.05, 0.1) is 5.69 Å².